The predicted octanol–water partition coefficient (Wildman–Crippen LogP) is 2.70. The van der Waals surface area contributed by atoms with Crippen molar-refractivity contribution in [3.05, 3.63) is 53.8 Å². The van der Waals surface area contributed by atoms with Gasteiger partial charge < -0.3 is 9.64 Å². The molecule has 1 N–H and O–H groups in total. The van der Waals surface area contributed by atoms with E-state index in [1.165, 1.54) is 19.2 Å². The number of anilines is 1. The van der Waals surface area contributed by atoms with Gasteiger partial charge in [-0.1, -0.05) is 12.1 Å². The summed E-state index contributed by atoms with van der Waals surface area (Å²) in [6, 6.07) is 10.6. The molecular weight excluding hydrogens is 319 g/mol. The number of nitrogens with one attached hydrogen (secondary N) is 1. The summed E-state index contributed by atoms with van der Waals surface area (Å²) >= 11 is 0. The third-order valence-corrected chi connectivity index (χ3v) is 4.49. The van der Waals surface area contributed by atoms with E-state index in [-0.39, 0.29) is 10.6 Å². The summed E-state index contributed by atoms with van der Waals surface area (Å²) in [5.41, 5.74) is 1.40. The van der Waals surface area contributed by atoms with Crippen LogP contribution in [0.3, 0.4) is 0 Å². The number of hydrogen-bond donors (Lipinski definition) is 1. The van der Waals surface area contributed by atoms with Gasteiger partial charge in [-0.15, -0.1) is 0 Å². The first kappa shape index (κ1) is 17.2. The van der Waals surface area contributed by atoms with Crippen molar-refractivity contribution in [1.29, 1.82) is 0 Å². The second kappa shape index (κ2) is 6.97. The van der Waals surface area contributed by atoms with Gasteiger partial charge >= 0.3 is 0 Å². The molecule has 0 radical (unpaired) electrons. The molecule has 2 aromatic rings. The maximum atomic E-state index is 13.7. The zero-order chi connectivity index (χ0) is 17.0. The summed E-state index contributed by atoms with van der Waals surface area (Å²) in [4.78, 5) is 1.82. The first-order valence-electron chi connectivity index (χ1n) is 6.92. The van der Waals surface area contributed by atoms with E-state index in [1.54, 1.807) is 18.2 Å². The summed E-state index contributed by atoms with van der Waals surface area (Å²) in [5.74, 6) is -0.728. The number of ether oxygens (including phenoxy) is 1. The van der Waals surface area contributed by atoms with E-state index in [1.807, 2.05) is 25.1 Å². The van der Waals surface area contributed by atoms with Crippen LogP contribution in [0, 0.1) is 5.82 Å². The number of methoxy groups -OCH3 is 1. The van der Waals surface area contributed by atoms with E-state index in [0.717, 1.165) is 11.6 Å². The summed E-state index contributed by atoms with van der Waals surface area (Å²) in [6.45, 7) is 0.687. The molecule has 0 saturated carbocycles. The molecule has 0 aliphatic rings. The highest BCUT2D eigenvalue weighted by molar-refractivity contribution is 7.92. The summed E-state index contributed by atoms with van der Waals surface area (Å²) < 4.78 is 45.7. The molecule has 0 atom stereocenters. The molecule has 0 aromatic heterocycles. The molecule has 0 heterocycles. The highest BCUT2D eigenvalue weighted by atomic mass is 32.2. The average Bonchev–Trinajstić information content (AvgIpc) is 2.46. The standard InChI is InChI=1S/C16H19FN2O3S/c1-19(2)11-12-5-4-6-13(9-12)18-23(20,21)14-7-8-16(22-3)15(17)10-14/h4-10,18H,11H2,1-3H3. The van der Waals surface area contributed by atoms with Crippen molar-refractivity contribution >= 4 is 15.7 Å². The van der Waals surface area contributed by atoms with Gasteiger partial charge in [0.25, 0.3) is 10.0 Å². The SMILES string of the molecule is COc1ccc(S(=O)(=O)Nc2cccc(CN(C)C)c2)cc1F. The Morgan fingerprint density at radius 1 is 1.17 bits per heavy atom. The molecule has 0 amide bonds. The maximum Gasteiger partial charge on any atom is 0.262 e. The zero-order valence-corrected chi connectivity index (χ0v) is 14.0. The van der Waals surface area contributed by atoms with Gasteiger partial charge in [0.2, 0.25) is 0 Å². The molecule has 7 heteroatoms. The van der Waals surface area contributed by atoms with Crippen LogP contribution in [0.5, 0.6) is 5.75 Å². The van der Waals surface area contributed by atoms with Crippen molar-refractivity contribution in [3.8, 4) is 5.75 Å². The summed E-state index contributed by atoms with van der Waals surface area (Å²) in [7, 11) is 1.31. The normalized spacial score (nSPS) is 11.5. The third kappa shape index (κ3) is 4.43. The molecule has 0 aliphatic carbocycles. The van der Waals surface area contributed by atoms with Crippen LogP contribution in [-0.2, 0) is 16.6 Å². The number of rotatable bonds is 6. The van der Waals surface area contributed by atoms with Crippen molar-refractivity contribution < 1.29 is 17.5 Å². The van der Waals surface area contributed by atoms with Crippen LogP contribution < -0.4 is 9.46 Å². The minimum absolute atomic E-state index is 0.00284. The third-order valence-electron chi connectivity index (χ3n) is 3.11. The zero-order valence-electron chi connectivity index (χ0n) is 13.2. The fraction of sp³-hybridized carbons (Fsp3) is 0.250. The van der Waals surface area contributed by atoms with Crippen LogP contribution in [0.4, 0.5) is 10.1 Å². The first-order chi connectivity index (χ1) is 10.8. The molecule has 0 unspecified atom stereocenters. The van der Waals surface area contributed by atoms with Crippen molar-refractivity contribution in [1.82, 2.24) is 4.90 Å². The Morgan fingerprint density at radius 2 is 1.91 bits per heavy atom. The van der Waals surface area contributed by atoms with E-state index in [9.17, 15) is 12.8 Å². The average molecular weight is 338 g/mol. The molecule has 0 spiro atoms. The highest BCUT2D eigenvalue weighted by Crippen LogP contribution is 2.23. The molecular formula is C16H19FN2O3S. The number of hydrogen-bond acceptors (Lipinski definition) is 4. The molecule has 5 nitrogen and oxygen atoms in total. The molecule has 0 saturated heterocycles. The Balaban J connectivity index is 2.26. The number of benzene rings is 2. The van der Waals surface area contributed by atoms with Gasteiger partial charge in [0.15, 0.2) is 11.6 Å². The van der Waals surface area contributed by atoms with Crippen molar-refractivity contribution in [2.45, 2.75) is 11.4 Å². The Bertz CT molecular complexity index is 792. The smallest absolute Gasteiger partial charge is 0.262 e. The molecule has 0 fully saturated rings. The largest absolute Gasteiger partial charge is 0.494 e. The Hall–Kier alpha value is -2.12. The van der Waals surface area contributed by atoms with Crippen molar-refractivity contribution in [2.75, 3.05) is 25.9 Å². The fourth-order valence-electron chi connectivity index (χ4n) is 2.13. The lowest BCUT2D eigenvalue weighted by Gasteiger charge is -2.13. The fourth-order valence-corrected chi connectivity index (χ4v) is 3.19. The lowest BCUT2D eigenvalue weighted by atomic mass is 10.2. The highest BCUT2D eigenvalue weighted by Gasteiger charge is 2.17. The first-order valence-corrected chi connectivity index (χ1v) is 8.40. The van der Waals surface area contributed by atoms with E-state index < -0.39 is 15.8 Å². The number of sulfonamides is 1. The summed E-state index contributed by atoms with van der Waals surface area (Å²) in [6.07, 6.45) is 0. The molecule has 0 bridgehead atoms. The van der Waals surface area contributed by atoms with E-state index in [2.05, 4.69) is 4.72 Å². The van der Waals surface area contributed by atoms with Gasteiger partial charge in [-0.3, -0.25) is 4.72 Å². The molecule has 2 aromatic carbocycles. The van der Waals surface area contributed by atoms with Crippen LogP contribution in [0.2, 0.25) is 0 Å². The Labute approximate surface area is 135 Å². The minimum atomic E-state index is -3.87. The molecule has 0 aliphatic heterocycles. The van der Waals surface area contributed by atoms with Crippen LogP contribution in [-0.4, -0.2) is 34.5 Å². The topological polar surface area (TPSA) is 58.6 Å². The monoisotopic (exact) mass is 338 g/mol. The Morgan fingerprint density at radius 3 is 2.52 bits per heavy atom. The van der Waals surface area contributed by atoms with Crippen LogP contribution in [0.1, 0.15) is 5.56 Å². The van der Waals surface area contributed by atoms with Crippen molar-refractivity contribution in [3.63, 3.8) is 0 Å². The number of nitrogens with zero attached hydrogens (tertiary/aromatic N) is 1. The minimum Gasteiger partial charge on any atom is -0.494 e. The van der Waals surface area contributed by atoms with Gasteiger partial charge in [0.1, 0.15) is 0 Å². The van der Waals surface area contributed by atoms with Crippen LogP contribution in [0.25, 0.3) is 0 Å². The van der Waals surface area contributed by atoms with E-state index >= 15 is 0 Å². The lowest BCUT2D eigenvalue weighted by molar-refractivity contribution is 0.385. The predicted molar refractivity (Wildman–Crippen MR) is 87.6 cm³/mol. The molecule has 2 rings (SSSR count). The van der Waals surface area contributed by atoms with Crippen LogP contribution >= 0.6 is 0 Å². The Kier molecular flexibility index (Phi) is 5.23. The second-order valence-electron chi connectivity index (χ2n) is 5.34. The van der Waals surface area contributed by atoms with Gasteiger partial charge in [-0.05, 0) is 50.0 Å². The van der Waals surface area contributed by atoms with Gasteiger partial charge in [-0.25, -0.2) is 12.8 Å². The van der Waals surface area contributed by atoms with E-state index in [4.69, 9.17) is 4.74 Å². The van der Waals surface area contributed by atoms with Gasteiger partial charge in [-0.2, -0.15) is 0 Å². The lowest BCUT2D eigenvalue weighted by Crippen LogP contribution is -2.14. The van der Waals surface area contributed by atoms with Crippen LogP contribution in [0.15, 0.2) is 47.4 Å². The van der Waals surface area contributed by atoms with Crippen molar-refractivity contribution in [2.24, 2.45) is 0 Å². The van der Waals surface area contributed by atoms with Gasteiger partial charge in [0, 0.05) is 12.2 Å². The van der Waals surface area contributed by atoms with Gasteiger partial charge in [0.05, 0.1) is 12.0 Å². The molecule has 124 valence electrons. The number of halogens is 1. The van der Waals surface area contributed by atoms with E-state index in [0.29, 0.717) is 12.2 Å². The maximum absolute atomic E-state index is 13.7. The second-order valence-corrected chi connectivity index (χ2v) is 7.02. The quantitative estimate of drug-likeness (QED) is 0.880. The summed E-state index contributed by atoms with van der Waals surface area (Å²) in [5, 5.41) is 0. The molecule has 23 heavy (non-hydrogen) atoms.